The third-order valence-electron chi connectivity index (χ3n) is 10.8. The molecule has 1 aromatic heterocycles. The molecule has 2 heterocycles. The zero-order valence-electron chi connectivity index (χ0n) is 37.8. The van der Waals surface area contributed by atoms with E-state index in [1.807, 2.05) is 30.3 Å². The number of benzene rings is 3. The minimum atomic E-state index is -1.45. The van der Waals surface area contributed by atoms with Crippen molar-refractivity contribution < 1.29 is 33.4 Å². The number of nitrogens with zero attached hydrogens (tertiary/aromatic N) is 4. The molecule has 0 spiro atoms. The predicted octanol–water partition coefficient (Wildman–Crippen LogP) is 0.780. The van der Waals surface area contributed by atoms with E-state index in [9.17, 15) is 24.0 Å². The van der Waals surface area contributed by atoms with Crippen LogP contribution in [0.5, 0.6) is 11.5 Å². The second kappa shape index (κ2) is 22.0. The van der Waals surface area contributed by atoms with Gasteiger partial charge in [-0.05, 0) is 66.3 Å². The summed E-state index contributed by atoms with van der Waals surface area (Å²) in [5.41, 5.74) is 33.4. The molecule has 0 radical (unpaired) electrons. The van der Waals surface area contributed by atoms with E-state index < -0.39 is 53.7 Å². The van der Waals surface area contributed by atoms with Gasteiger partial charge in [-0.2, -0.15) is 5.26 Å². The van der Waals surface area contributed by atoms with E-state index in [-0.39, 0.29) is 86.2 Å². The minimum Gasteiger partial charge on any atom is -0.492 e. The maximum absolute atomic E-state index is 14.7. The molecule has 20 heteroatoms. The van der Waals surface area contributed by atoms with Crippen LogP contribution in [0, 0.1) is 11.3 Å². The number of ether oxygens (including phenoxy) is 2. The summed E-state index contributed by atoms with van der Waals surface area (Å²) in [6.07, 6.45) is -0.0956. The highest BCUT2D eigenvalue weighted by atomic mass is 16.5. The van der Waals surface area contributed by atoms with E-state index >= 15 is 0 Å². The van der Waals surface area contributed by atoms with Crippen molar-refractivity contribution in [2.75, 3.05) is 57.9 Å². The fourth-order valence-corrected chi connectivity index (χ4v) is 7.34. The number of hydrogen-bond donors (Lipinski definition) is 9. The van der Waals surface area contributed by atoms with Gasteiger partial charge in [0.25, 0.3) is 5.91 Å². The summed E-state index contributed by atoms with van der Waals surface area (Å²) in [5.74, 6) is -3.29. The number of hydrogen-bond acceptors (Lipinski definition) is 15. The van der Waals surface area contributed by atoms with Crippen LogP contribution in [-0.2, 0) is 31.0 Å². The SMILES string of the molecule is CC1NC(=O)C(N(C)C(=O)C(CCN)NC(=O)c2c(N)nc(-c3ccc(C(C)(C)C)cc3)nc2N)c2ccc(OCCN)c(c2)-c2cc(ccc2OCCN)CC(C(=O)NCC#N)NC1=O. The first kappa shape index (κ1) is 49.7. The monoisotopic (exact) mass is 905 g/mol. The number of carbonyl (C=O) groups excluding carboxylic acids is 5. The first-order valence-electron chi connectivity index (χ1n) is 21.4. The van der Waals surface area contributed by atoms with Gasteiger partial charge < -0.3 is 64.3 Å². The van der Waals surface area contributed by atoms with Crippen molar-refractivity contribution in [3.63, 3.8) is 0 Å². The largest absolute Gasteiger partial charge is 0.492 e. The number of rotatable bonds is 15. The van der Waals surface area contributed by atoms with Crippen molar-refractivity contribution in [1.82, 2.24) is 36.1 Å². The maximum atomic E-state index is 14.7. The number of aromatic nitrogens is 2. The predicted molar refractivity (Wildman–Crippen MR) is 248 cm³/mol. The number of carbonyl (C=O) groups is 5. The van der Waals surface area contributed by atoms with Crippen molar-refractivity contribution in [3.05, 3.63) is 82.9 Å². The van der Waals surface area contributed by atoms with Gasteiger partial charge in [-0.3, -0.25) is 24.0 Å². The van der Waals surface area contributed by atoms with Gasteiger partial charge in [0.1, 0.15) is 72.6 Å². The smallest absolute Gasteiger partial charge is 0.259 e. The molecule has 1 aliphatic heterocycles. The number of amides is 5. The quantitative estimate of drug-likeness (QED) is 0.0745. The molecule has 4 bridgehead atoms. The number of nitriles is 1. The highest BCUT2D eigenvalue weighted by Crippen LogP contribution is 2.40. The van der Waals surface area contributed by atoms with Gasteiger partial charge in [-0.15, -0.1) is 0 Å². The van der Waals surface area contributed by atoms with Gasteiger partial charge in [0.2, 0.25) is 23.6 Å². The van der Waals surface area contributed by atoms with Gasteiger partial charge in [-0.25, -0.2) is 9.97 Å². The molecule has 0 aliphatic carbocycles. The second-order valence-electron chi connectivity index (χ2n) is 16.7. The molecule has 3 aromatic carbocycles. The van der Waals surface area contributed by atoms with E-state index in [1.54, 1.807) is 36.4 Å². The third-order valence-corrected chi connectivity index (χ3v) is 10.8. The summed E-state index contributed by atoms with van der Waals surface area (Å²) in [6, 6.07) is 14.2. The lowest BCUT2D eigenvalue weighted by Crippen LogP contribution is -2.56. The summed E-state index contributed by atoms with van der Waals surface area (Å²) in [4.78, 5) is 80.1. The Morgan fingerprint density at radius 2 is 1.48 bits per heavy atom. The lowest BCUT2D eigenvalue weighted by molar-refractivity contribution is -0.141. The first-order chi connectivity index (χ1) is 31.4. The zero-order chi connectivity index (χ0) is 48.3. The number of nitrogen functional groups attached to an aromatic ring is 2. The van der Waals surface area contributed by atoms with Crippen LogP contribution in [0.3, 0.4) is 0 Å². The maximum Gasteiger partial charge on any atom is 0.259 e. The summed E-state index contributed by atoms with van der Waals surface area (Å²) < 4.78 is 12.2. The van der Waals surface area contributed by atoms with Crippen LogP contribution >= 0.6 is 0 Å². The van der Waals surface area contributed by atoms with Crippen molar-refractivity contribution in [3.8, 4) is 40.1 Å². The molecule has 0 saturated carbocycles. The molecule has 4 unspecified atom stereocenters. The average molecular weight is 906 g/mol. The van der Waals surface area contributed by atoms with Crippen LogP contribution in [0.15, 0.2) is 60.7 Å². The normalized spacial score (nSPS) is 16.6. The molecule has 1 aliphatic rings. The van der Waals surface area contributed by atoms with E-state index in [2.05, 4.69) is 52.0 Å². The Morgan fingerprint density at radius 1 is 0.879 bits per heavy atom. The summed E-state index contributed by atoms with van der Waals surface area (Å²) in [6.45, 7) is 7.90. The summed E-state index contributed by atoms with van der Waals surface area (Å²) >= 11 is 0. The molecule has 14 N–H and O–H groups in total. The lowest BCUT2D eigenvalue weighted by Gasteiger charge is -2.32. The van der Waals surface area contributed by atoms with Crippen LogP contribution in [0.2, 0.25) is 0 Å². The van der Waals surface area contributed by atoms with E-state index in [0.29, 0.717) is 33.8 Å². The molecular weight excluding hydrogens is 847 g/mol. The van der Waals surface area contributed by atoms with Crippen LogP contribution in [0.4, 0.5) is 11.6 Å². The molecule has 5 rings (SSSR count). The molecule has 20 nitrogen and oxygen atoms in total. The number of nitrogens with one attached hydrogen (secondary N) is 4. The van der Waals surface area contributed by atoms with Crippen molar-refractivity contribution in [2.45, 2.75) is 70.1 Å². The van der Waals surface area contributed by atoms with E-state index in [1.165, 1.54) is 14.0 Å². The fraction of sp³-hybridized carbons (Fsp3) is 0.391. The van der Waals surface area contributed by atoms with Crippen LogP contribution in [-0.4, -0.2) is 109 Å². The van der Waals surface area contributed by atoms with Gasteiger partial charge in [0, 0.05) is 43.2 Å². The summed E-state index contributed by atoms with van der Waals surface area (Å²) in [5, 5.41) is 19.7. The number of likely N-dealkylation sites (N-methyl/N-ethyl adjacent to an activating group) is 1. The Bertz CT molecular complexity index is 2450. The van der Waals surface area contributed by atoms with Crippen molar-refractivity contribution >= 4 is 41.2 Å². The Hall–Kier alpha value is -7.34. The van der Waals surface area contributed by atoms with E-state index in [4.69, 9.17) is 43.4 Å². The summed E-state index contributed by atoms with van der Waals surface area (Å²) in [7, 11) is 1.37. The Morgan fingerprint density at radius 3 is 2.06 bits per heavy atom. The first-order valence-corrected chi connectivity index (χ1v) is 21.4. The molecule has 0 saturated heterocycles. The Labute approximate surface area is 383 Å². The molecule has 66 heavy (non-hydrogen) atoms. The highest BCUT2D eigenvalue weighted by Gasteiger charge is 2.36. The lowest BCUT2D eigenvalue weighted by atomic mass is 9.87. The van der Waals surface area contributed by atoms with Gasteiger partial charge in [-0.1, -0.05) is 57.2 Å². The average Bonchev–Trinajstić information content (AvgIpc) is 3.28. The molecule has 350 valence electrons. The topological polar surface area (TPSA) is 335 Å². The standard InChI is InChI=1S/C46H59N13O7/c1-25-41(60)56-33(42(61)53-19-16-48)23-26-6-12-34(65-20-17-49)30(22-26)31-24-28(9-13-35(31)66-21-18-50)37(44(63)54-25)59(5)45(64)32(14-15-47)55-43(62)36-38(51)57-40(58-39(36)52)27-7-10-29(11-8-27)46(2,3)4/h6-13,22,24-25,32-33,37H,14-15,17-21,23,47,49-50H2,1-5H3,(H,53,61)(H,54,63)(H,55,62)(H,56,60)(H4,51,52,57,58). The molecule has 0 fully saturated rings. The molecule has 4 atom stereocenters. The van der Waals surface area contributed by atoms with Gasteiger partial charge in [0.05, 0.1) is 6.07 Å². The number of fused-ring (bicyclic) bond motifs is 5. The third kappa shape index (κ3) is 11.9. The zero-order valence-corrected chi connectivity index (χ0v) is 37.8. The Kier molecular flexibility index (Phi) is 16.6. The molecular formula is C46H59N13O7. The Balaban J connectivity index is 1.57. The van der Waals surface area contributed by atoms with Crippen LogP contribution < -0.4 is 59.4 Å². The molecule has 5 amide bonds. The van der Waals surface area contributed by atoms with Crippen molar-refractivity contribution in [2.24, 2.45) is 17.2 Å². The number of anilines is 2. The van der Waals surface area contributed by atoms with Crippen LogP contribution in [0.25, 0.3) is 22.5 Å². The minimum absolute atomic E-state index is 0.0142. The van der Waals surface area contributed by atoms with Crippen LogP contribution in [0.1, 0.15) is 67.2 Å². The molecule has 4 aromatic rings. The number of nitrogens with two attached hydrogens (primary N) is 5. The second-order valence-corrected chi connectivity index (χ2v) is 16.7. The highest BCUT2D eigenvalue weighted by molar-refractivity contribution is 6.05. The van der Waals surface area contributed by atoms with E-state index in [0.717, 1.165) is 10.5 Å². The fourth-order valence-electron chi connectivity index (χ4n) is 7.34. The van der Waals surface area contributed by atoms with Gasteiger partial charge in [0.15, 0.2) is 5.82 Å². The van der Waals surface area contributed by atoms with Gasteiger partial charge >= 0.3 is 0 Å². The van der Waals surface area contributed by atoms with Crippen molar-refractivity contribution in [1.29, 1.82) is 5.26 Å².